The molecule has 8 aromatic carbocycles. The molecule has 0 aliphatic heterocycles. The number of imidazole rings is 1. The monoisotopic (exact) mass is 1070 g/mol. The molecule has 0 N–H and O–H groups in total. The van der Waals surface area contributed by atoms with Crippen molar-refractivity contribution in [2.75, 3.05) is 0 Å². The number of aromatic nitrogens is 5. The molecule has 10 heteroatoms. The van der Waals surface area contributed by atoms with Crippen molar-refractivity contribution in [1.82, 2.24) is 24.1 Å². The van der Waals surface area contributed by atoms with E-state index in [0.717, 1.165) is 77.8 Å². The van der Waals surface area contributed by atoms with Crippen LogP contribution in [0.4, 0.5) is 13.2 Å². The van der Waals surface area contributed by atoms with Crippen LogP contribution < -0.4 is 4.98 Å². The molecule has 5 heterocycles. The predicted octanol–water partition coefficient (Wildman–Crippen LogP) is 15.2. The standard InChI is InChI=1S/C58H36F3N5O.Pt/c1-57(2,35-16-5-3-6-17-35)45-30-29-37(34-32-43-39-21-10-12-28-49(39)67-54(43)48(33-34)66-47-27-11-9-20-38(47)40-24-15-31-62-55(40)66)52-53(45)65(36-18-7-4-8-19-36)56(64-52)42-23-13-22-41-50-44(58(59,60)61)25-14-26-46(50)63-51(41)42;/h3-32H,1-2H3;/q-2;+2. The molecule has 0 atom stereocenters. The van der Waals surface area contributed by atoms with Gasteiger partial charge in [-0.2, -0.15) is 13.2 Å². The number of furan rings is 1. The Balaban J connectivity index is 0.00000480. The van der Waals surface area contributed by atoms with Gasteiger partial charge in [0.1, 0.15) is 17.1 Å². The number of pyridine rings is 1. The molecule has 13 aromatic rings. The molecule has 0 aliphatic rings. The fraction of sp³-hybridized carbons (Fsp3) is 0.0690. The molecule has 13 rings (SSSR count). The molecule has 0 saturated heterocycles. The number of benzene rings is 8. The fourth-order valence-electron chi connectivity index (χ4n) is 10.3. The zero-order valence-corrected chi connectivity index (χ0v) is 38.7. The summed E-state index contributed by atoms with van der Waals surface area (Å²) in [5.74, 6) is 0.544. The summed E-state index contributed by atoms with van der Waals surface area (Å²) in [4.78, 5) is 15.5. The number of para-hydroxylation sites is 4. The van der Waals surface area contributed by atoms with Crippen molar-refractivity contribution in [3.8, 4) is 33.9 Å². The number of hydrogen-bond acceptors (Lipinski definition) is 3. The van der Waals surface area contributed by atoms with E-state index in [1.807, 2.05) is 78.9 Å². The SMILES string of the molecule is CC(C)(c1ccccc1)c1ccc(-c2[c-]c(-n3c4ccccc4c4cccnc43)c3oc4ccccc4c3c2)c2nc(-c3cccc4c3[n-]c3cccc(C(F)(F)F)c34)n(-c3ccccc3)c12.[Pt+2]. The average Bonchev–Trinajstić information content (AvgIpc) is 4.13. The van der Waals surface area contributed by atoms with Gasteiger partial charge in [0.05, 0.1) is 27.7 Å². The van der Waals surface area contributed by atoms with Crippen LogP contribution in [0.1, 0.15) is 30.5 Å². The molecule has 6 nitrogen and oxygen atoms in total. The van der Waals surface area contributed by atoms with Crippen molar-refractivity contribution in [2.45, 2.75) is 25.4 Å². The summed E-state index contributed by atoms with van der Waals surface area (Å²) in [6.45, 7) is 4.43. The zero-order chi connectivity index (χ0) is 45.2. The summed E-state index contributed by atoms with van der Waals surface area (Å²) in [7, 11) is 0. The number of hydrogen-bond donors (Lipinski definition) is 0. The van der Waals surface area contributed by atoms with E-state index in [1.54, 1.807) is 24.4 Å². The van der Waals surface area contributed by atoms with Gasteiger partial charge in [-0.25, -0.2) is 9.97 Å². The third kappa shape index (κ3) is 6.15. The Morgan fingerprint density at radius 1 is 0.618 bits per heavy atom. The Labute approximate surface area is 401 Å². The molecule has 0 aliphatic carbocycles. The van der Waals surface area contributed by atoms with Gasteiger partial charge in [-0.15, -0.1) is 28.7 Å². The predicted molar refractivity (Wildman–Crippen MR) is 262 cm³/mol. The summed E-state index contributed by atoms with van der Waals surface area (Å²) in [6, 6.07) is 60.7. The summed E-state index contributed by atoms with van der Waals surface area (Å²) >= 11 is 0. The van der Waals surface area contributed by atoms with Gasteiger partial charge in [0.15, 0.2) is 0 Å². The second kappa shape index (κ2) is 15.4. The summed E-state index contributed by atoms with van der Waals surface area (Å²) < 4.78 is 55.0. The van der Waals surface area contributed by atoms with Gasteiger partial charge < -0.3 is 14.0 Å². The number of halogens is 3. The summed E-state index contributed by atoms with van der Waals surface area (Å²) in [5.41, 5.74) is 9.99. The maximum absolute atomic E-state index is 14.7. The first-order valence-corrected chi connectivity index (χ1v) is 22.1. The van der Waals surface area contributed by atoms with Gasteiger partial charge in [-0.1, -0.05) is 152 Å². The van der Waals surface area contributed by atoms with Crippen LogP contribution in [-0.4, -0.2) is 19.1 Å². The molecule has 330 valence electrons. The molecule has 5 aromatic heterocycles. The van der Waals surface area contributed by atoms with E-state index in [4.69, 9.17) is 19.4 Å². The second-order valence-corrected chi connectivity index (χ2v) is 17.6. The second-order valence-electron chi connectivity index (χ2n) is 17.6. The van der Waals surface area contributed by atoms with E-state index in [0.29, 0.717) is 39.1 Å². The Bertz CT molecular complexity index is 4070. The van der Waals surface area contributed by atoms with Crippen molar-refractivity contribution in [1.29, 1.82) is 0 Å². The Morgan fingerprint density at radius 3 is 2.13 bits per heavy atom. The van der Waals surface area contributed by atoms with E-state index in [2.05, 4.69) is 95.8 Å². The van der Waals surface area contributed by atoms with E-state index in [9.17, 15) is 13.2 Å². The van der Waals surface area contributed by atoms with Gasteiger partial charge in [0, 0.05) is 44.7 Å². The first-order valence-electron chi connectivity index (χ1n) is 22.1. The molecular weight excluding hydrogens is 1030 g/mol. The largest absolute Gasteiger partial charge is 2.00 e. The van der Waals surface area contributed by atoms with Crippen LogP contribution in [0.5, 0.6) is 0 Å². The van der Waals surface area contributed by atoms with Crippen molar-refractivity contribution in [2.24, 2.45) is 0 Å². The number of fused-ring (bicyclic) bond motifs is 10. The van der Waals surface area contributed by atoms with E-state index >= 15 is 0 Å². The minimum atomic E-state index is -4.57. The van der Waals surface area contributed by atoms with Crippen molar-refractivity contribution >= 4 is 76.7 Å². The first kappa shape index (κ1) is 41.7. The summed E-state index contributed by atoms with van der Waals surface area (Å²) in [5, 5.41) is 4.40. The van der Waals surface area contributed by atoms with Crippen LogP contribution in [0.15, 0.2) is 187 Å². The minimum absolute atomic E-state index is 0. The third-order valence-corrected chi connectivity index (χ3v) is 13.5. The minimum Gasteiger partial charge on any atom is -0.656 e. The third-order valence-electron chi connectivity index (χ3n) is 13.5. The molecule has 68 heavy (non-hydrogen) atoms. The summed E-state index contributed by atoms with van der Waals surface area (Å²) in [6.07, 6.45) is -2.77. The maximum atomic E-state index is 14.7. The van der Waals surface area contributed by atoms with Crippen LogP contribution in [0, 0.1) is 6.07 Å². The van der Waals surface area contributed by atoms with Gasteiger partial charge in [0.2, 0.25) is 0 Å². The molecule has 0 amide bonds. The maximum Gasteiger partial charge on any atom is 2.00 e. The van der Waals surface area contributed by atoms with Crippen molar-refractivity contribution < 1.29 is 38.7 Å². The zero-order valence-electron chi connectivity index (χ0n) is 36.4. The topological polar surface area (TPSA) is 62.9 Å². The molecule has 0 saturated carbocycles. The van der Waals surface area contributed by atoms with Gasteiger partial charge in [-0.3, -0.25) is 4.57 Å². The van der Waals surface area contributed by atoms with Crippen LogP contribution in [0.25, 0.3) is 111 Å². The number of nitrogens with zero attached hydrogens (tertiary/aromatic N) is 5. The fourth-order valence-corrected chi connectivity index (χ4v) is 10.3. The van der Waals surface area contributed by atoms with Gasteiger partial charge in [0.25, 0.3) is 0 Å². The van der Waals surface area contributed by atoms with E-state index in [1.165, 1.54) is 6.07 Å². The van der Waals surface area contributed by atoms with Crippen molar-refractivity contribution in [3.05, 3.63) is 205 Å². The average molecular weight is 1070 g/mol. The van der Waals surface area contributed by atoms with Crippen LogP contribution in [0.2, 0.25) is 0 Å². The molecule has 0 fully saturated rings. The van der Waals surface area contributed by atoms with Gasteiger partial charge >= 0.3 is 27.2 Å². The van der Waals surface area contributed by atoms with Crippen LogP contribution in [-0.2, 0) is 32.7 Å². The Hall–Kier alpha value is -7.74. The quantitative estimate of drug-likeness (QED) is 0.156. The smallest absolute Gasteiger partial charge is 0.656 e. The van der Waals surface area contributed by atoms with Crippen LogP contribution >= 0.6 is 0 Å². The van der Waals surface area contributed by atoms with Crippen molar-refractivity contribution in [3.63, 3.8) is 0 Å². The van der Waals surface area contributed by atoms with Crippen LogP contribution in [0.3, 0.4) is 0 Å². The van der Waals surface area contributed by atoms with E-state index < -0.39 is 17.2 Å². The van der Waals surface area contributed by atoms with E-state index in [-0.39, 0.29) is 32.0 Å². The molecule has 0 spiro atoms. The number of alkyl halides is 3. The molecule has 0 radical (unpaired) electrons. The van der Waals surface area contributed by atoms with Gasteiger partial charge in [-0.05, 0) is 64.4 Å². The normalized spacial score (nSPS) is 12.4. The Morgan fingerprint density at radius 2 is 1.32 bits per heavy atom. The number of rotatable bonds is 6. The molecule has 0 unspecified atom stereocenters. The Kier molecular flexibility index (Phi) is 9.44. The first-order chi connectivity index (χ1) is 32.6. The molecular formula is C58H36F3N5OPt. The molecule has 0 bridgehead atoms.